The molecule has 0 amide bonds. The summed E-state index contributed by atoms with van der Waals surface area (Å²) in [7, 11) is 0. The highest BCUT2D eigenvalue weighted by Crippen LogP contribution is 2.06. The van der Waals surface area contributed by atoms with Gasteiger partial charge in [-0.2, -0.15) is 0 Å². The number of nitrogens with zero attached hydrogens (tertiary/aromatic N) is 6. The Morgan fingerprint density at radius 2 is 1.00 bits per heavy atom. The summed E-state index contributed by atoms with van der Waals surface area (Å²) < 4.78 is 0. The van der Waals surface area contributed by atoms with E-state index >= 15 is 0 Å². The van der Waals surface area contributed by atoms with E-state index < -0.39 is 35.1 Å². The SMILES string of the molecule is CC(C)O.O=[N+]([O-])N1CN([N+](=O)[O-])CN([N+](=O)[O-])C1. The molecule has 1 aliphatic rings. The van der Waals surface area contributed by atoms with Crippen LogP contribution in [0.15, 0.2) is 0 Å². The summed E-state index contributed by atoms with van der Waals surface area (Å²) in [5.74, 6) is 0. The van der Waals surface area contributed by atoms with E-state index in [2.05, 4.69) is 0 Å². The first kappa shape index (κ1) is 16.6. The second-order valence-electron chi connectivity index (χ2n) is 3.75. The lowest BCUT2D eigenvalue weighted by atomic mass is 10.5. The monoisotopic (exact) mass is 282 g/mol. The van der Waals surface area contributed by atoms with E-state index in [1.807, 2.05) is 0 Å². The molecule has 1 saturated heterocycles. The molecule has 13 nitrogen and oxygen atoms in total. The molecule has 1 rings (SSSR count). The third kappa shape index (κ3) is 6.16. The first-order chi connectivity index (χ1) is 8.65. The Kier molecular flexibility index (Phi) is 6.19. The molecule has 1 fully saturated rings. The van der Waals surface area contributed by atoms with Gasteiger partial charge in [-0.15, -0.1) is 0 Å². The Balaban J connectivity index is 0.000000711. The maximum atomic E-state index is 10.3. The zero-order valence-corrected chi connectivity index (χ0v) is 10.3. The maximum absolute atomic E-state index is 10.3. The fourth-order valence-electron chi connectivity index (χ4n) is 1.01. The molecule has 0 unspecified atom stereocenters. The quantitative estimate of drug-likeness (QED) is 0.488. The van der Waals surface area contributed by atoms with Crippen molar-refractivity contribution in [3.8, 4) is 0 Å². The molecule has 19 heavy (non-hydrogen) atoms. The van der Waals surface area contributed by atoms with Crippen LogP contribution in [0, 0.1) is 30.3 Å². The fraction of sp³-hybridized carbons (Fsp3) is 1.00. The lowest BCUT2D eigenvalue weighted by Crippen LogP contribution is -2.59. The summed E-state index contributed by atoms with van der Waals surface area (Å²) in [6.45, 7) is 1.67. The second-order valence-corrected chi connectivity index (χ2v) is 3.75. The van der Waals surface area contributed by atoms with Crippen LogP contribution >= 0.6 is 0 Å². The van der Waals surface area contributed by atoms with Crippen LogP contribution in [0.2, 0.25) is 0 Å². The molecule has 110 valence electrons. The highest BCUT2D eigenvalue weighted by Gasteiger charge is 2.39. The van der Waals surface area contributed by atoms with Crippen LogP contribution in [0.4, 0.5) is 0 Å². The van der Waals surface area contributed by atoms with Gasteiger partial charge in [0.2, 0.25) is 20.0 Å². The minimum atomic E-state index is -0.924. The van der Waals surface area contributed by atoms with Crippen LogP contribution in [0.25, 0.3) is 0 Å². The lowest BCUT2D eigenvalue weighted by Gasteiger charge is -2.27. The van der Waals surface area contributed by atoms with E-state index in [0.29, 0.717) is 15.0 Å². The maximum Gasteiger partial charge on any atom is 0.212 e. The van der Waals surface area contributed by atoms with Crippen molar-refractivity contribution < 1.29 is 20.2 Å². The summed E-state index contributed by atoms with van der Waals surface area (Å²) >= 11 is 0. The van der Waals surface area contributed by atoms with Gasteiger partial charge in [0.25, 0.3) is 0 Å². The Bertz CT molecular complexity index is 293. The van der Waals surface area contributed by atoms with Crippen molar-refractivity contribution in [3.05, 3.63) is 30.3 Å². The van der Waals surface area contributed by atoms with Crippen molar-refractivity contribution in [2.75, 3.05) is 20.0 Å². The van der Waals surface area contributed by atoms with Crippen LogP contribution < -0.4 is 0 Å². The van der Waals surface area contributed by atoms with Gasteiger partial charge in [0.15, 0.2) is 15.1 Å². The van der Waals surface area contributed by atoms with E-state index in [9.17, 15) is 30.3 Å². The Morgan fingerprint density at radius 1 is 0.842 bits per heavy atom. The van der Waals surface area contributed by atoms with Crippen LogP contribution in [0.1, 0.15) is 13.8 Å². The van der Waals surface area contributed by atoms with E-state index in [-0.39, 0.29) is 6.10 Å². The molecule has 0 aromatic carbocycles. The number of hydrogen-bond acceptors (Lipinski definition) is 7. The number of hydrogen-bond donors (Lipinski definition) is 1. The number of nitro groups is 3. The zero-order valence-electron chi connectivity index (χ0n) is 10.3. The molecular formula is C6H14N6O7. The zero-order chi connectivity index (χ0) is 15.2. The Hall–Kier alpha value is -2.44. The largest absolute Gasteiger partial charge is 0.394 e. The molecule has 0 atom stereocenters. The number of rotatable bonds is 3. The predicted molar refractivity (Wildman–Crippen MR) is 58.5 cm³/mol. The predicted octanol–water partition coefficient (Wildman–Crippen LogP) is -1.26. The molecule has 0 aromatic heterocycles. The van der Waals surface area contributed by atoms with Crippen LogP contribution in [0.3, 0.4) is 0 Å². The molecule has 0 spiro atoms. The van der Waals surface area contributed by atoms with Gasteiger partial charge in [0.05, 0.1) is 0 Å². The van der Waals surface area contributed by atoms with Gasteiger partial charge in [-0.05, 0) is 13.8 Å². The molecule has 1 N–H and O–H groups in total. The number of aliphatic hydroxyl groups is 1. The molecular weight excluding hydrogens is 268 g/mol. The highest BCUT2D eigenvalue weighted by molar-refractivity contribution is 4.50. The lowest BCUT2D eigenvalue weighted by molar-refractivity contribution is -0.775. The van der Waals surface area contributed by atoms with E-state index in [1.165, 1.54) is 0 Å². The molecule has 0 saturated carbocycles. The molecule has 1 heterocycles. The van der Waals surface area contributed by atoms with Crippen LogP contribution in [-0.4, -0.2) is 61.3 Å². The van der Waals surface area contributed by atoms with Crippen molar-refractivity contribution in [2.45, 2.75) is 20.0 Å². The first-order valence-electron chi connectivity index (χ1n) is 5.01. The molecule has 13 heteroatoms. The van der Waals surface area contributed by atoms with Gasteiger partial charge < -0.3 is 5.11 Å². The highest BCUT2D eigenvalue weighted by atomic mass is 16.7. The summed E-state index contributed by atoms with van der Waals surface area (Å²) in [6, 6.07) is 0. The minimum absolute atomic E-state index is 0.167. The van der Waals surface area contributed by atoms with Crippen LogP contribution in [0.5, 0.6) is 0 Å². The summed E-state index contributed by atoms with van der Waals surface area (Å²) in [4.78, 5) is 31.0. The third-order valence-corrected chi connectivity index (χ3v) is 1.67. The topological polar surface area (TPSA) is 159 Å². The van der Waals surface area contributed by atoms with Crippen LogP contribution in [-0.2, 0) is 0 Å². The number of aliphatic hydroxyl groups excluding tert-OH is 1. The van der Waals surface area contributed by atoms with Gasteiger partial charge in [-0.25, -0.2) is 30.3 Å². The molecule has 0 bridgehead atoms. The van der Waals surface area contributed by atoms with Gasteiger partial charge in [0, 0.05) is 6.10 Å². The third-order valence-electron chi connectivity index (χ3n) is 1.67. The van der Waals surface area contributed by atoms with Gasteiger partial charge in [0.1, 0.15) is 0 Å². The van der Waals surface area contributed by atoms with Crippen molar-refractivity contribution in [1.29, 1.82) is 0 Å². The fourth-order valence-corrected chi connectivity index (χ4v) is 1.01. The average molecular weight is 282 g/mol. The normalized spacial score (nSPS) is 14.8. The Labute approximate surface area is 107 Å². The summed E-state index contributed by atoms with van der Waals surface area (Å²) in [5, 5.41) is 37.4. The molecule has 1 aliphatic heterocycles. The molecule has 0 aliphatic carbocycles. The second kappa shape index (κ2) is 7.10. The smallest absolute Gasteiger partial charge is 0.212 e. The molecule has 0 aromatic rings. The van der Waals surface area contributed by atoms with E-state index in [0.717, 1.165) is 0 Å². The van der Waals surface area contributed by atoms with Crippen molar-refractivity contribution in [1.82, 2.24) is 15.0 Å². The number of hydrazine groups is 3. The standard InChI is InChI=1S/C3H6N6O6.C3H8O/c10-7(11)4-1-5(8(12)13)3-6(2-4)9(14)15;1-3(2)4/h1-3H2;3-4H,1-2H3. The van der Waals surface area contributed by atoms with Crippen molar-refractivity contribution in [3.63, 3.8) is 0 Å². The van der Waals surface area contributed by atoms with E-state index in [4.69, 9.17) is 5.11 Å². The van der Waals surface area contributed by atoms with Crippen molar-refractivity contribution >= 4 is 0 Å². The molecule has 0 radical (unpaired) electrons. The summed E-state index contributed by atoms with van der Waals surface area (Å²) in [6.07, 6.45) is -0.167. The van der Waals surface area contributed by atoms with Crippen molar-refractivity contribution in [2.24, 2.45) is 0 Å². The van der Waals surface area contributed by atoms with Gasteiger partial charge >= 0.3 is 0 Å². The van der Waals surface area contributed by atoms with Gasteiger partial charge in [-0.3, -0.25) is 0 Å². The minimum Gasteiger partial charge on any atom is -0.394 e. The average Bonchev–Trinajstić information content (AvgIpc) is 2.27. The summed E-state index contributed by atoms with van der Waals surface area (Å²) in [5.41, 5.74) is 0. The van der Waals surface area contributed by atoms with E-state index in [1.54, 1.807) is 13.8 Å². The first-order valence-corrected chi connectivity index (χ1v) is 5.01. The Morgan fingerprint density at radius 3 is 1.11 bits per heavy atom. The van der Waals surface area contributed by atoms with Gasteiger partial charge in [-0.1, -0.05) is 15.0 Å².